The Morgan fingerprint density at radius 2 is 1.04 bits per heavy atom. The summed E-state index contributed by atoms with van der Waals surface area (Å²) in [6.45, 7) is 8.00. The Morgan fingerprint density at radius 3 is 1.39 bits per heavy atom. The third kappa shape index (κ3) is 2.48. The summed E-state index contributed by atoms with van der Waals surface area (Å²) < 4.78 is 0. The first kappa shape index (κ1) is 18.2. The van der Waals surface area contributed by atoms with Gasteiger partial charge in [-0.2, -0.15) is 0 Å². The Balaban J connectivity index is 1.86. The molecular formula is C22H16O2S4. The van der Waals surface area contributed by atoms with E-state index in [4.69, 9.17) is 0 Å². The molecule has 1 aliphatic rings. The molecule has 0 amide bonds. The first-order chi connectivity index (χ1) is 13.4. The summed E-state index contributed by atoms with van der Waals surface area (Å²) in [6, 6.07) is 4.22. The summed E-state index contributed by atoms with van der Waals surface area (Å²) in [4.78, 5) is 33.1. The SMILES string of the molecule is Cc1csc(-c2sc(-c3cc(C)cs3)c3c2C(=O)c2c(C)sc(C)c2C3=O)c1. The Morgan fingerprint density at radius 1 is 0.607 bits per heavy atom. The minimum absolute atomic E-state index is 0.00304. The van der Waals surface area contributed by atoms with E-state index < -0.39 is 0 Å². The second-order valence-corrected chi connectivity index (χ2v) is 11.4. The summed E-state index contributed by atoms with van der Waals surface area (Å²) in [5.74, 6) is 0.00608. The van der Waals surface area contributed by atoms with Crippen LogP contribution < -0.4 is 0 Å². The number of thiophene rings is 4. The van der Waals surface area contributed by atoms with Gasteiger partial charge in [0, 0.05) is 30.6 Å². The molecule has 4 aromatic rings. The minimum atomic E-state index is 0.00304. The molecule has 5 rings (SSSR count). The van der Waals surface area contributed by atoms with Crippen molar-refractivity contribution in [3.05, 3.63) is 66.0 Å². The number of ketones is 2. The zero-order valence-electron chi connectivity index (χ0n) is 15.8. The Labute approximate surface area is 179 Å². The van der Waals surface area contributed by atoms with E-state index >= 15 is 0 Å². The van der Waals surface area contributed by atoms with Crippen LogP contribution in [0, 0.1) is 27.7 Å². The lowest BCUT2D eigenvalue weighted by Crippen LogP contribution is -2.20. The normalized spacial score (nSPS) is 13.1. The molecule has 0 aromatic carbocycles. The fraction of sp³-hybridized carbons (Fsp3) is 0.182. The van der Waals surface area contributed by atoms with Crippen molar-refractivity contribution in [2.24, 2.45) is 0 Å². The van der Waals surface area contributed by atoms with Gasteiger partial charge in [-0.25, -0.2) is 0 Å². The molecule has 0 fully saturated rings. The van der Waals surface area contributed by atoms with Gasteiger partial charge in [0.05, 0.1) is 20.9 Å². The van der Waals surface area contributed by atoms with Gasteiger partial charge in [-0.1, -0.05) is 0 Å². The quantitative estimate of drug-likeness (QED) is 0.289. The van der Waals surface area contributed by atoms with Crippen LogP contribution in [0.3, 0.4) is 0 Å². The van der Waals surface area contributed by atoms with Crippen LogP contribution in [-0.4, -0.2) is 11.6 Å². The van der Waals surface area contributed by atoms with Gasteiger partial charge in [-0.05, 0) is 61.7 Å². The number of hydrogen-bond donors (Lipinski definition) is 0. The molecule has 0 bridgehead atoms. The molecule has 0 unspecified atom stereocenters. The second-order valence-electron chi connectivity index (χ2n) is 7.11. The van der Waals surface area contributed by atoms with Crippen molar-refractivity contribution >= 4 is 56.9 Å². The lowest BCUT2D eigenvalue weighted by atomic mass is 9.84. The summed E-state index contributed by atoms with van der Waals surface area (Å²) >= 11 is 6.40. The lowest BCUT2D eigenvalue weighted by molar-refractivity contribution is 0.0981. The van der Waals surface area contributed by atoms with Crippen LogP contribution in [-0.2, 0) is 0 Å². The number of aryl methyl sites for hydroxylation is 4. The molecule has 0 N–H and O–H groups in total. The van der Waals surface area contributed by atoms with Gasteiger partial charge in [0.15, 0.2) is 11.6 Å². The Hall–Kier alpha value is -1.86. The predicted molar refractivity (Wildman–Crippen MR) is 121 cm³/mol. The molecule has 0 saturated carbocycles. The Bertz CT molecular complexity index is 1200. The van der Waals surface area contributed by atoms with E-state index in [1.165, 1.54) is 11.1 Å². The summed E-state index contributed by atoms with van der Waals surface area (Å²) in [7, 11) is 0. The van der Waals surface area contributed by atoms with Crippen molar-refractivity contribution < 1.29 is 9.59 Å². The number of hydrogen-bond acceptors (Lipinski definition) is 6. The largest absolute Gasteiger partial charge is 0.288 e. The fourth-order valence-electron chi connectivity index (χ4n) is 3.79. The van der Waals surface area contributed by atoms with Crippen LogP contribution in [0.5, 0.6) is 0 Å². The molecule has 0 atom stereocenters. The molecule has 4 aromatic heterocycles. The standard InChI is InChI=1S/C22H16O2S4/c1-9-5-13(25-7-9)21-17-18(22(28-21)14-6-10(2)8-26-14)20(24)16-12(4)27-11(3)15(16)19(17)23/h5-8H,1-4H3. The van der Waals surface area contributed by atoms with E-state index in [0.717, 1.165) is 29.3 Å². The van der Waals surface area contributed by atoms with E-state index in [-0.39, 0.29) is 11.6 Å². The fourth-order valence-corrected chi connectivity index (χ4v) is 8.19. The van der Waals surface area contributed by atoms with Crippen molar-refractivity contribution in [1.82, 2.24) is 0 Å². The van der Waals surface area contributed by atoms with Crippen LogP contribution in [0.1, 0.15) is 52.7 Å². The number of carbonyl (C=O) groups is 2. The molecule has 1 aliphatic carbocycles. The number of carbonyl (C=O) groups excluding carboxylic acids is 2. The molecule has 0 aliphatic heterocycles. The monoisotopic (exact) mass is 440 g/mol. The maximum atomic E-state index is 13.6. The highest BCUT2D eigenvalue weighted by Gasteiger charge is 2.40. The zero-order valence-corrected chi connectivity index (χ0v) is 19.0. The maximum Gasteiger partial charge on any atom is 0.197 e. The van der Waals surface area contributed by atoms with E-state index in [9.17, 15) is 9.59 Å². The lowest BCUT2D eigenvalue weighted by Gasteiger charge is -2.15. The van der Waals surface area contributed by atoms with Crippen molar-refractivity contribution in [3.8, 4) is 19.5 Å². The zero-order chi connectivity index (χ0) is 19.7. The molecule has 4 heterocycles. The molecule has 2 nitrogen and oxygen atoms in total. The number of fused-ring (bicyclic) bond motifs is 2. The first-order valence-corrected chi connectivity index (χ1v) is 12.2. The van der Waals surface area contributed by atoms with Crippen molar-refractivity contribution in [3.63, 3.8) is 0 Å². The molecule has 0 saturated heterocycles. The second kappa shape index (κ2) is 6.32. The van der Waals surface area contributed by atoms with Crippen LogP contribution in [0.4, 0.5) is 0 Å². The van der Waals surface area contributed by atoms with Crippen LogP contribution in [0.25, 0.3) is 19.5 Å². The van der Waals surface area contributed by atoms with Crippen molar-refractivity contribution in [1.29, 1.82) is 0 Å². The average Bonchev–Trinajstić information content (AvgIpc) is 3.38. The van der Waals surface area contributed by atoms with Crippen LogP contribution in [0.15, 0.2) is 22.9 Å². The number of rotatable bonds is 2. The maximum absolute atomic E-state index is 13.6. The highest BCUT2D eigenvalue weighted by atomic mass is 32.1. The molecule has 6 heteroatoms. The van der Waals surface area contributed by atoms with Gasteiger partial charge in [-0.15, -0.1) is 45.3 Å². The van der Waals surface area contributed by atoms with Gasteiger partial charge in [-0.3, -0.25) is 9.59 Å². The third-order valence-electron chi connectivity index (χ3n) is 4.99. The van der Waals surface area contributed by atoms with E-state index in [0.29, 0.717) is 22.3 Å². The topological polar surface area (TPSA) is 34.1 Å². The van der Waals surface area contributed by atoms with Gasteiger partial charge >= 0.3 is 0 Å². The molecule has 0 radical (unpaired) electrons. The van der Waals surface area contributed by atoms with Gasteiger partial charge in [0.2, 0.25) is 0 Å². The minimum Gasteiger partial charge on any atom is -0.288 e. The van der Waals surface area contributed by atoms with Gasteiger partial charge in [0.1, 0.15) is 0 Å². The highest BCUT2D eigenvalue weighted by molar-refractivity contribution is 7.26. The summed E-state index contributed by atoms with van der Waals surface area (Å²) in [6.07, 6.45) is 0. The van der Waals surface area contributed by atoms with E-state index in [1.807, 2.05) is 13.8 Å². The Kier molecular flexibility index (Phi) is 4.11. The van der Waals surface area contributed by atoms with E-state index in [2.05, 4.69) is 36.7 Å². The predicted octanol–water partition coefficient (Wildman–Crippen LogP) is 7.28. The van der Waals surface area contributed by atoms with E-state index in [1.54, 1.807) is 45.3 Å². The molecule has 28 heavy (non-hydrogen) atoms. The molecule has 140 valence electrons. The average molecular weight is 441 g/mol. The molecule has 0 spiro atoms. The van der Waals surface area contributed by atoms with Gasteiger partial charge in [0.25, 0.3) is 0 Å². The van der Waals surface area contributed by atoms with Gasteiger partial charge < -0.3 is 0 Å². The highest BCUT2D eigenvalue weighted by Crippen LogP contribution is 2.50. The summed E-state index contributed by atoms with van der Waals surface area (Å²) in [5.41, 5.74) is 4.78. The van der Waals surface area contributed by atoms with Crippen molar-refractivity contribution in [2.75, 3.05) is 0 Å². The molecular weight excluding hydrogens is 425 g/mol. The van der Waals surface area contributed by atoms with Crippen LogP contribution in [0.2, 0.25) is 0 Å². The first-order valence-electron chi connectivity index (χ1n) is 8.84. The van der Waals surface area contributed by atoms with Crippen molar-refractivity contribution in [2.45, 2.75) is 27.7 Å². The smallest absolute Gasteiger partial charge is 0.197 e. The van der Waals surface area contributed by atoms with Crippen LogP contribution >= 0.6 is 45.3 Å². The summed E-state index contributed by atoms with van der Waals surface area (Å²) in [5, 5.41) is 4.19. The third-order valence-corrected chi connectivity index (χ3v) is 9.65.